The minimum absolute atomic E-state index is 0.0804. The molecular weight excluding hydrogens is 608 g/mol. The SMILES string of the molecule is C=C1C[C@H](C)C[C@@H]2CC=C[C@@H](C/C=C\C(=O)O[C@H]([C@H](/C=C/[C@@H]3C=C(C)CCO3)OCc3ccc(OC)cc3)C/C=C/[C@@H](OCOC)C1)O2. The van der Waals surface area contributed by atoms with E-state index >= 15 is 0 Å². The highest BCUT2D eigenvalue weighted by Gasteiger charge is 2.25. The van der Waals surface area contributed by atoms with Gasteiger partial charge in [-0.3, -0.25) is 0 Å². The minimum Gasteiger partial charge on any atom is -0.497 e. The Kier molecular flexibility index (Phi) is 15.9. The van der Waals surface area contributed by atoms with E-state index in [9.17, 15) is 4.79 Å². The normalized spacial score (nSPS) is 29.7. The third-order valence-electron chi connectivity index (χ3n) is 8.63. The molecule has 48 heavy (non-hydrogen) atoms. The molecule has 0 saturated carbocycles. The van der Waals surface area contributed by atoms with Crippen LogP contribution in [0.15, 0.2) is 96.7 Å². The van der Waals surface area contributed by atoms with E-state index in [-0.39, 0.29) is 31.2 Å². The Labute approximate surface area is 287 Å². The molecule has 262 valence electrons. The summed E-state index contributed by atoms with van der Waals surface area (Å²) in [5.74, 6) is 0.752. The standard InChI is InChI=1S/C40H54O8/c1-29-21-22-44-36(24-29)19-20-38(45-27-32-15-17-33(43-5)18-16-32)39-13-7-11-35(46-28-42-4)25-30(2)23-31(3)26-37-12-6-9-34(47-37)10-8-14-40(41)48-39/h6-9,11,14-20,24,31,34-39H,2,10,12-13,21-23,25-28H2,1,3-5H3/b11-7+,14-8-,20-19+/t31-,34-,35+,36+,37-,38-,39-/m0/s1. The number of benzene rings is 1. The molecule has 7 atom stereocenters. The Morgan fingerprint density at radius 3 is 2.62 bits per heavy atom. The van der Waals surface area contributed by atoms with Crippen LogP contribution in [0.3, 0.4) is 0 Å². The molecule has 0 amide bonds. The minimum atomic E-state index is -0.623. The van der Waals surface area contributed by atoms with Crippen LogP contribution in [0, 0.1) is 5.92 Å². The summed E-state index contributed by atoms with van der Waals surface area (Å²) in [5, 5.41) is 0. The van der Waals surface area contributed by atoms with Gasteiger partial charge in [-0.1, -0.05) is 85.4 Å². The Morgan fingerprint density at radius 1 is 1.04 bits per heavy atom. The van der Waals surface area contributed by atoms with Crippen molar-refractivity contribution in [1.29, 1.82) is 0 Å². The second kappa shape index (κ2) is 20.3. The molecule has 0 fully saturated rings. The highest BCUT2D eigenvalue weighted by atomic mass is 16.7. The molecule has 1 aromatic rings. The van der Waals surface area contributed by atoms with Crippen molar-refractivity contribution in [3.8, 4) is 5.75 Å². The molecule has 8 heteroatoms. The van der Waals surface area contributed by atoms with E-state index in [4.69, 9.17) is 33.2 Å². The average Bonchev–Trinajstić information content (AvgIpc) is 3.06. The summed E-state index contributed by atoms with van der Waals surface area (Å²) in [5.41, 5.74) is 3.37. The zero-order chi connectivity index (χ0) is 34.1. The van der Waals surface area contributed by atoms with Crippen molar-refractivity contribution in [2.75, 3.05) is 27.6 Å². The first-order valence-corrected chi connectivity index (χ1v) is 17.2. The van der Waals surface area contributed by atoms with Crippen molar-refractivity contribution < 1.29 is 38.0 Å². The molecule has 0 saturated heterocycles. The molecular formula is C40H54O8. The summed E-state index contributed by atoms with van der Waals surface area (Å²) in [6, 6.07) is 7.73. The second-order valence-electron chi connectivity index (χ2n) is 13.0. The molecule has 8 nitrogen and oxygen atoms in total. The zero-order valence-electron chi connectivity index (χ0n) is 29.1. The van der Waals surface area contributed by atoms with Crippen LogP contribution in [-0.4, -0.2) is 70.2 Å². The summed E-state index contributed by atoms with van der Waals surface area (Å²) < 4.78 is 41.5. The number of cyclic esters (lactones) is 1. The lowest BCUT2D eigenvalue weighted by Crippen LogP contribution is -2.32. The average molecular weight is 663 g/mol. The molecule has 0 unspecified atom stereocenters. The van der Waals surface area contributed by atoms with E-state index in [0.29, 0.717) is 38.4 Å². The summed E-state index contributed by atoms with van der Waals surface area (Å²) >= 11 is 0. The van der Waals surface area contributed by atoms with Gasteiger partial charge in [0.05, 0.1) is 44.7 Å². The Morgan fingerprint density at radius 2 is 1.85 bits per heavy atom. The zero-order valence-corrected chi connectivity index (χ0v) is 29.1. The lowest BCUT2D eigenvalue weighted by Gasteiger charge is -2.28. The van der Waals surface area contributed by atoms with Gasteiger partial charge in [-0.15, -0.1) is 0 Å². The monoisotopic (exact) mass is 662 g/mol. The first-order chi connectivity index (χ1) is 23.3. The summed E-state index contributed by atoms with van der Waals surface area (Å²) in [7, 11) is 3.25. The molecule has 3 aliphatic rings. The van der Waals surface area contributed by atoms with Gasteiger partial charge < -0.3 is 33.2 Å². The van der Waals surface area contributed by atoms with Crippen LogP contribution in [0.5, 0.6) is 5.75 Å². The van der Waals surface area contributed by atoms with Crippen LogP contribution in [0.2, 0.25) is 0 Å². The number of carbonyl (C=O) groups is 1. The van der Waals surface area contributed by atoms with Gasteiger partial charge in [-0.25, -0.2) is 4.79 Å². The number of carbonyl (C=O) groups excluding carboxylic acids is 1. The summed E-state index contributed by atoms with van der Waals surface area (Å²) in [6.45, 7) is 9.88. The highest BCUT2D eigenvalue weighted by Crippen LogP contribution is 2.27. The van der Waals surface area contributed by atoms with Crippen molar-refractivity contribution in [2.24, 2.45) is 5.92 Å². The van der Waals surface area contributed by atoms with Gasteiger partial charge in [0.25, 0.3) is 0 Å². The topological polar surface area (TPSA) is 81.7 Å². The van der Waals surface area contributed by atoms with E-state index in [1.807, 2.05) is 54.6 Å². The lowest BCUT2D eigenvalue weighted by atomic mass is 9.91. The maximum Gasteiger partial charge on any atom is 0.330 e. The Hall–Kier alpha value is -3.27. The number of hydrogen-bond acceptors (Lipinski definition) is 8. The third kappa shape index (κ3) is 13.3. The molecule has 3 aliphatic heterocycles. The molecule has 1 aromatic carbocycles. The third-order valence-corrected chi connectivity index (χ3v) is 8.63. The van der Waals surface area contributed by atoms with Gasteiger partial charge >= 0.3 is 5.97 Å². The van der Waals surface area contributed by atoms with Crippen molar-refractivity contribution in [2.45, 2.75) is 102 Å². The summed E-state index contributed by atoms with van der Waals surface area (Å²) in [6.07, 6.45) is 21.4. The number of ether oxygens (including phenoxy) is 7. The molecule has 2 bridgehead atoms. The van der Waals surface area contributed by atoms with Crippen LogP contribution >= 0.6 is 0 Å². The quantitative estimate of drug-likeness (QED) is 0.143. The fraction of sp³-hybridized carbons (Fsp3) is 0.525. The largest absolute Gasteiger partial charge is 0.497 e. The highest BCUT2D eigenvalue weighted by molar-refractivity contribution is 5.82. The van der Waals surface area contributed by atoms with Crippen molar-refractivity contribution in [1.82, 2.24) is 0 Å². The van der Waals surface area contributed by atoms with Gasteiger partial charge in [-0.05, 0) is 69.1 Å². The number of methoxy groups -OCH3 is 2. The van der Waals surface area contributed by atoms with Crippen LogP contribution < -0.4 is 4.74 Å². The van der Waals surface area contributed by atoms with Crippen LogP contribution in [0.1, 0.15) is 64.4 Å². The Bertz CT molecular complexity index is 1290. The maximum absolute atomic E-state index is 13.3. The maximum atomic E-state index is 13.3. The first kappa shape index (κ1) is 37.5. The van der Waals surface area contributed by atoms with Gasteiger partial charge in [-0.2, -0.15) is 0 Å². The van der Waals surface area contributed by atoms with Gasteiger partial charge in [0.2, 0.25) is 0 Å². The summed E-state index contributed by atoms with van der Waals surface area (Å²) in [4.78, 5) is 13.3. The first-order valence-electron chi connectivity index (χ1n) is 17.2. The number of fused-ring (bicyclic) bond motifs is 2. The van der Waals surface area contributed by atoms with E-state index in [2.05, 4.69) is 38.7 Å². The van der Waals surface area contributed by atoms with Crippen molar-refractivity contribution in [3.05, 3.63) is 102 Å². The second-order valence-corrected chi connectivity index (χ2v) is 13.0. The fourth-order valence-corrected chi connectivity index (χ4v) is 6.15. The number of hydrogen-bond donors (Lipinski definition) is 0. The van der Waals surface area contributed by atoms with Gasteiger partial charge in [0.15, 0.2) is 0 Å². The van der Waals surface area contributed by atoms with Crippen molar-refractivity contribution >= 4 is 5.97 Å². The van der Waals surface area contributed by atoms with E-state index < -0.39 is 18.2 Å². The van der Waals surface area contributed by atoms with E-state index in [1.165, 1.54) is 11.6 Å². The van der Waals surface area contributed by atoms with Crippen molar-refractivity contribution in [3.63, 3.8) is 0 Å². The number of rotatable bonds is 10. The molecule has 0 aliphatic carbocycles. The fourth-order valence-electron chi connectivity index (χ4n) is 6.15. The van der Waals surface area contributed by atoms with Crippen LogP contribution in [-0.2, 0) is 39.8 Å². The smallest absolute Gasteiger partial charge is 0.330 e. The molecule has 0 N–H and O–H groups in total. The van der Waals surface area contributed by atoms with Crippen LogP contribution in [0.25, 0.3) is 0 Å². The van der Waals surface area contributed by atoms with E-state index in [1.54, 1.807) is 14.2 Å². The molecule has 3 heterocycles. The lowest BCUT2D eigenvalue weighted by molar-refractivity contribution is -0.149. The predicted octanol–water partition coefficient (Wildman–Crippen LogP) is 7.76. The molecule has 0 aromatic heterocycles. The number of esters is 1. The van der Waals surface area contributed by atoms with E-state index in [0.717, 1.165) is 42.6 Å². The van der Waals surface area contributed by atoms with Gasteiger partial charge in [0, 0.05) is 19.6 Å². The van der Waals surface area contributed by atoms with Crippen LogP contribution in [0.4, 0.5) is 0 Å². The molecule has 0 radical (unpaired) electrons. The Balaban J connectivity index is 1.60. The van der Waals surface area contributed by atoms with Gasteiger partial charge in [0.1, 0.15) is 24.8 Å². The molecule has 4 rings (SSSR count). The molecule has 0 spiro atoms. The predicted molar refractivity (Wildman–Crippen MR) is 188 cm³/mol.